The topological polar surface area (TPSA) is 443 Å². The number of fused-ring (bicyclic) bond motifs is 5. The Bertz CT molecular complexity index is 5100. The molecule has 5 aliphatic rings. The summed E-state index contributed by atoms with van der Waals surface area (Å²) in [5.74, 6) is -7.54. The number of amides is 3. The number of aliphatic hydroxyl groups excluding tert-OH is 1. The van der Waals surface area contributed by atoms with Gasteiger partial charge in [0.05, 0.1) is 88.3 Å². The summed E-state index contributed by atoms with van der Waals surface area (Å²) in [4.78, 5) is 126. The number of nitrogens with two attached hydrogens (primary N) is 2. The Morgan fingerprint density at radius 2 is 1.53 bits per heavy atom. The zero-order valence-corrected chi connectivity index (χ0v) is 77.3. The summed E-state index contributed by atoms with van der Waals surface area (Å²) in [5.41, 5.74) is 19.9. The lowest BCUT2D eigenvalue weighted by Crippen LogP contribution is -2.61. The molecule has 35 nitrogen and oxygen atoms in total. The molecule has 1 saturated carbocycles. The van der Waals surface area contributed by atoms with Crippen LogP contribution in [-0.2, 0) is 102 Å². The number of unbranched alkanes of at least 4 members (excludes halogenated alkanes) is 1. The van der Waals surface area contributed by atoms with Gasteiger partial charge < -0.3 is 88.7 Å². The number of carbonyl (C=O) groups is 7. The highest BCUT2D eigenvalue weighted by Gasteiger charge is 2.53. The number of aliphatic hydroxyl groups is 2. The molecule has 0 spiro atoms. The largest absolute Gasteiger partial charge is 0.460 e. The molecule has 710 valence electrons. The van der Waals surface area contributed by atoms with E-state index in [-0.39, 0.29) is 85.9 Å². The van der Waals surface area contributed by atoms with Crippen molar-refractivity contribution in [2.24, 2.45) is 35.5 Å². The van der Waals surface area contributed by atoms with Crippen LogP contribution in [0.1, 0.15) is 162 Å². The van der Waals surface area contributed by atoms with Crippen molar-refractivity contribution in [3.8, 4) is 22.4 Å². The van der Waals surface area contributed by atoms with Gasteiger partial charge >= 0.3 is 5.97 Å². The highest BCUT2D eigenvalue weighted by molar-refractivity contribution is 6.39. The Morgan fingerprint density at radius 1 is 0.756 bits per heavy atom. The minimum atomic E-state index is -2.48. The average molecular weight is 1810 g/mol. The molecule has 2 aromatic carbocycles. The molecule has 4 aliphatic heterocycles. The van der Waals surface area contributed by atoms with Gasteiger partial charge in [0.15, 0.2) is 17.0 Å². The second-order valence-electron chi connectivity index (χ2n) is 35.6. The third-order valence-electron chi connectivity index (χ3n) is 25.9. The van der Waals surface area contributed by atoms with E-state index < -0.39 is 83.7 Å². The molecule has 15 atom stereocenters. The molecule has 3 saturated heterocycles. The number of piperazine rings is 1. The molecule has 4 fully saturated rings. The minimum Gasteiger partial charge on any atom is -0.460 e. The molecule has 9 heterocycles. The van der Waals surface area contributed by atoms with Crippen LogP contribution >= 0.6 is 0 Å². The second-order valence-corrected chi connectivity index (χ2v) is 35.6. The highest BCUT2D eigenvalue weighted by atomic mass is 16.6. The number of nitrogen functional groups attached to an aromatic ring is 2. The van der Waals surface area contributed by atoms with Crippen LogP contribution < -0.4 is 21.7 Å². The van der Waals surface area contributed by atoms with E-state index in [0.29, 0.717) is 207 Å². The first-order valence-electron chi connectivity index (χ1n) is 46.3. The minimum absolute atomic E-state index is 0.0139. The summed E-state index contributed by atoms with van der Waals surface area (Å²) in [6, 6.07) is 12.4. The van der Waals surface area contributed by atoms with E-state index in [9.17, 15) is 43.8 Å². The van der Waals surface area contributed by atoms with E-state index in [2.05, 4.69) is 41.5 Å². The van der Waals surface area contributed by atoms with Gasteiger partial charge in [0.1, 0.15) is 53.5 Å². The number of piperidine rings is 1. The van der Waals surface area contributed by atoms with E-state index in [1.807, 2.05) is 112 Å². The van der Waals surface area contributed by atoms with Gasteiger partial charge in [-0.25, -0.2) is 34.1 Å². The molecule has 3 amide bonds. The molecular weight excluding hydrogens is 1680 g/mol. The maximum Gasteiger partial charge on any atom is 0.329 e. The number of allylic oxidation sites excluding steroid dienone is 6. The zero-order valence-electron chi connectivity index (χ0n) is 77.3. The number of ether oxygens (including phenoxy) is 9. The smallest absolute Gasteiger partial charge is 0.329 e. The number of rotatable bonds is 32. The number of oxazole rings is 1. The number of ketones is 3. The maximum atomic E-state index is 14.9. The first-order valence-corrected chi connectivity index (χ1v) is 46.3. The first kappa shape index (κ1) is 99.5. The number of benzene rings is 2. The molecule has 7 aromatic rings. The van der Waals surface area contributed by atoms with Gasteiger partial charge in [0.2, 0.25) is 23.5 Å². The molecule has 2 bridgehead atoms. The molecule has 12 rings (SSSR count). The van der Waals surface area contributed by atoms with Crippen LogP contribution in [0.5, 0.6) is 0 Å². The van der Waals surface area contributed by atoms with Gasteiger partial charge in [0, 0.05) is 147 Å². The standard InChI is InChI=1S/C96H132N16O19/c1-60-19-12-11-13-20-61(2)79(122-8)53-73-28-24-66(7)96(121,131-73)89(118)92(119)111-34-16-14-23-75(111)93(120)129-80(54-76(113)62(3)48-65(6)87(117)88(124-10)86(116)64(5)47-60)63(4)49-67-25-29-78(81(51-67)123-9)128-58-68-21-18-22-69(50-68)71-55-100-95(101-56-71)109-38-36-108(37-39-109)83(115)31-27-72-57-110(107-105-72)40-42-126-44-46-127-45-43-125-41-32-82(114)99-33-15-17-35-112-91-84(90(97)102-59-103-91)85(106-112)70-26-30-77-74(52-70)104-94(98)130-77/h11-13,18-22,26,30,48,50,52,55-57,59-60,62-64,66-67,73,75,78-81,87-88,117,121H,14-17,23-25,27-29,31-47,49,51,53-54,58H2,1-10H3,(H2,98,104)(H,99,114)(H2,97,102,103)/b13-11+,19-12+,61-20+,65-48+/t60-,62-,63-,64-,66-,67+,73+,75+,78-,79+,80+,81-,87-,88+,96-/m1/s1. The maximum absolute atomic E-state index is 14.9. The summed E-state index contributed by atoms with van der Waals surface area (Å²) >= 11 is 0. The molecule has 0 radical (unpaired) electrons. The van der Waals surface area contributed by atoms with E-state index in [0.717, 1.165) is 47.1 Å². The molecule has 131 heavy (non-hydrogen) atoms. The quantitative estimate of drug-likeness (QED) is 0.0113. The monoisotopic (exact) mass is 1810 g/mol. The number of nitrogens with one attached hydrogen (secondary N) is 1. The summed E-state index contributed by atoms with van der Waals surface area (Å²) in [6.45, 7) is 18.9. The van der Waals surface area contributed by atoms with Gasteiger partial charge in [-0.2, -0.15) is 10.1 Å². The SMILES string of the molecule is CO[C@H]1C[C@@H]2CC[C@@H](C)[C@@](O)(O2)C(=O)C(=O)N2CCCC[C@H]2C(=O)O[C@H]([C@H](C)C[C@@H]2CC[C@@H](OCc3cccc(-c4cnc(N5CCN(C(=O)CCc6cn(CCOCCOCCOCCC(=O)NCCCCn7nc(-c8ccc9oc(N)nc9c8)c8c(N)ncnc87)nn6)CC5)nc4)c3)[C@H](OC)C2)CC(=O)[C@H](C)/C=C(\C)[C@@H](O)[C@@H](OC)C(=O)[C@H](C)C[C@H](C)/C=C/C=C/C=C/1C. The van der Waals surface area contributed by atoms with Crippen LogP contribution in [0, 0.1) is 35.5 Å². The normalized spacial score (nSPS) is 26.7. The number of Topliss-reactive ketones (excluding diaryl/α,β-unsaturated/α-hetero) is 3. The van der Waals surface area contributed by atoms with Gasteiger partial charge in [-0.3, -0.25) is 28.8 Å². The predicted octanol–water partition coefficient (Wildman–Crippen LogP) is 9.88. The number of aromatic nitrogens is 10. The number of nitrogens with zero attached hydrogens (tertiary/aromatic N) is 13. The van der Waals surface area contributed by atoms with E-state index in [4.69, 9.17) is 73.6 Å². The van der Waals surface area contributed by atoms with Crippen LogP contribution in [0.25, 0.3) is 44.5 Å². The van der Waals surface area contributed by atoms with Gasteiger partial charge in [0.25, 0.3) is 17.7 Å². The van der Waals surface area contributed by atoms with Crippen molar-refractivity contribution < 1.29 is 90.8 Å². The molecule has 7 N–H and O–H groups in total. The lowest BCUT2D eigenvalue weighted by Gasteiger charge is -2.42. The second kappa shape index (κ2) is 48.3. The van der Waals surface area contributed by atoms with Crippen LogP contribution in [0.15, 0.2) is 119 Å². The molecule has 0 unspecified atom stereocenters. The summed E-state index contributed by atoms with van der Waals surface area (Å²) in [7, 11) is 4.63. The average Bonchev–Trinajstić information content (AvgIpc) is 1.69. The third-order valence-corrected chi connectivity index (χ3v) is 25.9. The Balaban J connectivity index is 0.549. The fraction of sp³-hybridized carbons (Fsp3) is 0.594. The van der Waals surface area contributed by atoms with Crippen LogP contribution in [-0.4, -0.2) is 266 Å². The summed E-state index contributed by atoms with van der Waals surface area (Å²) < 4.78 is 63.1. The van der Waals surface area contributed by atoms with Crippen molar-refractivity contribution in [1.29, 1.82) is 0 Å². The number of aryl methyl sites for hydroxylation is 2. The number of methoxy groups -OCH3 is 3. The number of cyclic esters (lactones) is 1. The van der Waals surface area contributed by atoms with Crippen molar-refractivity contribution in [1.82, 2.24) is 64.8 Å². The molecule has 5 aromatic heterocycles. The van der Waals surface area contributed by atoms with Gasteiger partial charge in [-0.15, -0.1) is 5.10 Å². The molecule has 1 aliphatic carbocycles. The van der Waals surface area contributed by atoms with Gasteiger partial charge in [-0.1, -0.05) is 94.5 Å². The Morgan fingerprint density at radius 3 is 2.29 bits per heavy atom. The number of carbonyl (C=O) groups excluding carboxylic acids is 7. The first-order chi connectivity index (χ1) is 63.2. The van der Waals surface area contributed by atoms with Crippen molar-refractivity contribution >= 4 is 81.0 Å². The lowest BCUT2D eigenvalue weighted by atomic mass is 9.78. The molecule has 35 heteroatoms. The number of hydrogen-bond acceptors (Lipinski definition) is 30. The number of esters is 1. The van der Waals surface area contributed by atoms with Gasteiger partial charge in [-0.05, 0) is 155 Å². The number of hydrogen-bond donors (Lipinski definition) is 5. The van der Waals surface area contributed by atoms with Crippen molar-refractivity contribution in [3.05, 3.63) is 126 Å². The van der Waals surface area contributed by atoms with Crippen molar-refractivity contribution in [3.63, 3.8) is 0 Å². The van der Waals surface area contributed by atoms with E-state index in [1.54, 1.807) is 56.5 Å². The zero-order chi connectivity index (χ0) is 93.3. The Labute approximate surface area is 765 Å². The lowest BCUT2D eigenvalue weighted by molar-refractivity contribution is -0.265. The van der Waals surface area contributed by atoms with Crippen molar-refractivity contribution in [2.75, 3.05) is 117 Å². The van der Waals surface area contributed by atoms with E-state index >= 15 is 0 Å². The van der Waals surface area contributed by atoms with E-state index in [1.165, 1.54) is 18.3 Å². The summed E-state index contributed by atoms with van der Waals surface area (Å²) in [6.07, 6.45) is 20.6. The third kappa shape index (κ3) is 26.9. The van der Waals surface area contributed by atoms with Crippen molar-refractivity contribution in [2.45, 2.75) is 232 Å². The Hall–Kier alpha value is -10.5. The van der Waals surface area contributed by atoms with Crippen LogP contribution in [0.4, 0.5) is 17.8 Å². The highest BCUT2D eigenvalue weighted by Crippen LogP contribution is 2.40. The fourth-order valence-electron chi connectivity index (χ4n) is 18.1. The Kier molecular flexibility index (Phi) is 36.7. The molecular formula is C96H132N16O19. The van der Waals surface area contributed by atoms with Crippen LogP contribution in [0.2, 0.25) is 0 Å². The predicted molar refractivity (Wildman–Crippen MR) is 489 cm³/mol. The van der Waals surface area contributed by atoms with Crippen LogP contribution in [0.3, 0.4) is 0 Å². The summed E-state index contributed by atoms with van der Waals surface area (Å²) in [5, 5.41) is 40.9. The number of anilines is 3. The fourth-order valence-corrected chi connectivity index (χ4v) is 18.1.